The molecule has 2 atom stereocenters. The summed E-state index contributed by atoms with van der Waals surface area (Å²) in [4.78, 5) is 10.3. The number of aliphatic carboxylic acids is 1. The number of sulfonamides is 1. The van der Waals surface area contributed by atoms with Crippen LogP contribution >= 0.6 is 0 Å². The second kappa shape index (κ2) is 6.50. The maximum atomic E-state index is 12.3. The van der Waals surface area contributed by atoms with E-state index in [1.807, 2.05) is 0 Å². The number of halogens is 3. The lowest BCUT2D eigenvalue weighted by atomic mass is 10.0. The lowest BCUT2D eigenvalue weighted by molar-refractivity contribution is -0.253. The molecule has 118 valence electrons. The molecule has 0 aromatic carbocycles. The fraction of sp³-hybridized carbons (Fsp3) is 0.778. The van der Waals surface area contributed by atoms with Gasteiger partial charge in [0, 0.05) is 19.1 Å². The van der Waals surface area contributed by atoms with E-state index in [1.165, 1.54) is 0 Å². The standard InChI is InChI=1S/C9H15F3N2O5S/c1-8(17,9(10,11)12)3-5-20(18,19)14-4-2-6(13)7(15)16/h4,6,17H,2-3,5,13H2,1H3,(H,15,16)/b14-4+. The largest absolute Gasteiger partial charge is 0.480 e. The Labute approximate surface area is 113 Å². The van der Waals surface area contributed by atoms with E-state index in [0.29, 0.717) is 13.1 Å². The van der Waals surface area contributed by atoms with Crippen molar-refractivity contribution in [2.24, 2.45) is 10.1 Å². The minimum absolute atomic E-state index is 0.385. The first-order valence-electron chi connectivity index (χ1n) is 5.32. The summed E-state index contributed by atoms with van der Waals surface area (Å²) in [5.74, 6) is -2.40. The van der Waals surface area contributed by atoms with E-state index in [1.54, 1.807) is 0 Å². The van der Waals surface area contributed by atoms with Crippen LogP contribution in [0, 0.1) is 0 Å². The lowest BCUT2D eigenvalue weighted by Gasteiger charge is -2.25. The van der Waals surface area contributed by atoms with E-state index in [9.17, 15) is 26.4 Å². The van der Waals surface area contributed by atoms with E-state index < -0.39 is 46.0 Å². The van der Waals surface area contributed by atoms with Crippen LogP contribution in [0.2, 0.25) is 0 Å². The van der Waals surface area contributed by atoms with Crippen molar-refractivity contribution < 1.29 is 36.6 Å². The Kier molecular flexibility index (Phi) is 6.11. The molecule has 0 rings (SSSR count). The summed E-state index contributed by atoms with van der Waals surface area (Å²) >= 11 is 0. The predicted molar refractivity (Wildman–Crippen MR) is 63.8 cm³/mol. The van der Waals surface area contributed by atoms with Crippen LogP contribution in [0.5, 0.6) is 0 Å². The molecule has 0 aliphatic carbocycles. The van der Waals surface area contributed by atoms with Gasteiger partial charge in [-0.3, -0.25) is 4.79 Å². The number of hydrogen-bond acceptors (Lipinski definition) is 5. The van der Waals surface area contributed by atoms with Gasteiger partial charge in [0.05, 0.1) is 5.75 Å². The molecule has 0 saturated carbocycles. The average Bonchev–Trinajstić information content (AvgIpc) is 2.24. The Morgan fingerprint density at radius 2 is 1.95 bits per heavy atom. The second-order valence-electron chi connectivity index (χ2n) is 4.28. The molecular formula is C9H15F3N2O5S. The van der Waals surface area contributed by atoms with Crippen molar-refractivity contribution in [2.45, 2.75) is 37.6 Å². The Bertz CT molecular complexity index is 472. The topological polar surface area (TPSA) is 130 Å². The molecule has 0 spiro atoms. The first-order valence-corrected chi connectivity index (χ1v) is 6.93. The number of carboxylic acid groups (broad SMARTS) is 1. The number of aliphatic hydroxyl groups is 1. The third kappa shape index (κ3) is 6.30. The highest BCUT2D eigenvalue weighted by Gasteiger charge is 2.49. The van der Waals surface area contributed by atoms with Crippen LogP contribution in [0.15, 0.2) is 4.40 Å². The molecular weight excluding hydrogens is 305 g/mol. The van der Waals surface area contributed by atoms with E-state index in [2.05, 4.69) is 4.40 Å². The van der Waals surface area contributed by atoms with Gasteiger partial charge in [-0.1, -0.05) is 0 Å². The third-order valence-corrected chi connectivity index (χ3v) is 3.56. The number of hydrogen-bond donors (Lipinski definition) is 3. The van der Waals surface area contributed by atoms with E-state index >= 15 is 0 Å². The van der Waals surface area contributed by atoms with Gasteiger partial charge in [0.2, 0.25) is 0 Å². The molecule has 0 aliphatic heterocycles. The molecule has 0 aromatic heterocycles. The van der Waals surface area contributed by atoms with Gasteiger partial charge in [0.25, 0.3) is 10.0 Å². The second-order valence-corrected chi connectivity index (χ2v) is 6.06. The fourth-order valence-electron chi connectivity index (χ4n) is 0.893. The number of carbonyl (C=O) groups is 1. The van der Waals surface area contributed by atoms with Gasteiger partial charge in [0.15, 0.2) is 5.60 Å². The summed E-state index contributed by atoms with van der Waals surface area (Å²) < 4.78 is 62.4. The molecule has 0 radical (unpaired) electrons. The first-order chi connectivity index (χ1) is 8.78. The Hall–Kier alpha value is -1.20. The highest BCUT2D eigenvalue weighted by molar-refractivity contribution is 7.90. The number of rotatable bonds is 7. The fourth-order valence-corrected chi connectivity index (χ4v) is 1.97. The highest BCUT2D eigenvalue weighted by atomic mass is 32.2. The predicted octanol–water partition coefficient (Wildman–Crippen LogP) is -0.108. The first kappa shape index (κ1) is 18.8. The van der Waals surface area contributed by atoms with Crippen molar-refractivity contribution in [3.8, 4) is 0 Å². The molecule has 0 aliphatic rings. The normalized spacial score (nSPS) is 17.9. The molecule has 11 heteroatoms. The lowest BCUT2D eigenvalue weighted by Crippen LogP contribution is -2.43. The zero-order valence-corrected chi connectivity index (χ0v) is 11.3. The minimum Gasteiger partial charge on any atom is -0.480 e. The minimum atomic E-state index is -4.96. The zero-order valence-electron chi connectivity index (χ0n) is 10.5. The van der Waals surface area contributed by atoms with Crippen molar-refractivity contribution in [2.75, 3.05) is 5.75 Å². The molecule has 0 aromatic rings. The maximum Gasteiger partial charge on any atom is 0.416 e. The van der Waals surface area contributed by atoms with E-state index in [0.717, 1.165) is 0 Å². The third-order valence-electron chi connectivity index (χ3n) is 2.37. The molecule has 20 heavy (non-hydrogen) atoms. The van der Waals surface area contributed by atoms with Crippen molar-refractivity contribution in [1.29, 1.82) is 0 Å². The quantitative estimate of drug-likeness (QED) is 0.561. The van der Waals surface area contributed by atoms with Gasteiger partial charge in [-0.2, -0.15) is 17.6 Å². The molecule has 0 saturated heterocycles. The summed E-state index contributed by atoms with van der Waals surface area (Å²) in [5, 5.41) is 17.5. The molecule has 4 N–H and O–H groups in total. The van der Waals surface area contributed by atoms with Crippen LogP contribution in [0.4, 0.5) is 13.2 Å². The van der Waals surface area contributed by atoms with Crippen LogP contribution in [-0.4, -0.2) is 54.4 Å². The molecule has 7 nitrogen and oxygen atoms in total. The molecule has 0 fully saturated rings. The average molecular weight is 320 g/mol. The number of alkyl halides is 3. The monoisotopic (exact) mass is 320 g/mol. The summed E-state index contributed by atoms with van der Waals surface area (Å²) in [5.41, 5.74) is 1.93. The van der Waals surface area contributed by atoms with Gasteiger partial charge >= 0.3 is 12.1 Å². The Morgan fingerprint density at radius 1 is 1.45 bits per heavy atom. The van der Waals surface area contributed by atoms with Crippen LogP contribution in [0.3, 0.4) is 0 Å². The van der Waals surface area contributed by atoms with Crippen molar-refractivity contribution in [3.05, 3.63) is 0 Å². The summed E-state index contributed by atoms with van der Waals surface area (Å²) in [7, 11) is -4.24. The SMILES string of the molecule is CC(O)(CCS(=O)(=O)/N=C/CC(N)C(=O)O)C(F)(F)F. The number of nitrogens with two attached hydrogens (primary N) is 1. The Balaban J connectivity index is 4.56. The van der Waals surface area contributed by atoms with Crippen molar-refractivity contribution >= 4 is 22.2 Å². The summed E-state index contributed by atoms with van der Waals surface area (Å²) in [6.07, 6.45) is -5.72. The van der Waals surface area contributed by atoms with E-state index in [4.69, 9.17) is 15.9 Å². The van der Waals surface area contributed by atoms with Crippen LogP contribution in [-0.2, 0) is 14.8 Å². The summed E-state index contributed by atoms with van der Waals surface area (Å²) in [6.45, 7) is 0.451. The van der Waals surface area contributed by atoms with Crippen LogP contribution in [0.25, 0.3) is 0 Å². The van der Waals surface area contributed by atoms with Gasteiger partial charge in [-0.25, -0.2) is 8.42 Å². The van der Waals surface area contributed by atoms with E-state index in [-0.39, 0.29) is 6.42 Å². The van der Waals surface area contributed by atoms with Gasteiger partial charge in [-0.15, -0.1) is 0 Å². The van der Waals surface area contributed by atoms with Gasteiger partial charge in [0.1, 0.15) is 6.04 Å². The molecule has 0 heterocycles. The van der Waals surface area contributed by atoms with Crippen LogP contribution in [0.1, 0.15) is 19.8 Å². The van der Waals surface area contributed by atoms with Crippen LogP contribution < -0.4 is 5.73 Å². The maximum absolute atomic E-state index is 12.3. The van der Waals surface area contributed by atoms with Crippen molar-refractivity contribution in [3.63, 3.8) is 0 Å². The molecule has 0 bridgehead atoms. The summed E-state index contributed by atoms with van der Waals surface area (Å²) in [6, 6.07) is -1.35. The van der Waals surface area contributed by atoms with Gasteiger partial charge in [-0.05, 0) is 6.92 Å². The highest BCUT2D eigenvalue weighted by Crippen LogP contribution is 2.32. The smallest absolute Gasteiger partial charge is 0.416 e. The van der Waals surface area contributed by atoms with Gasteiger partial charge < -0.3 is 15.9 Å². The molecule has 2 unspecified atom stereocenters. The molecule has 0 amide bonds. The number of nitrogens with zero attached hydrogens (tertiary/aromatic N) is 1. The zero-order chi connectivity index (χ0) is 16.2. The number of carboxylic acids is 1. The van der Waals surface area contributed by atoms with Crippen molar-refractivity contribution in [1.82, 2.24) is 0 Å². The Morgan fingerprint density at radius 3 is 2.35 bits per heavy atom.